The van der Waals surface area contributed by atoms with Gasteiger partial charge in [0.2, 0.25) is 5.91 Å². The third-order valence-corrected chi connectivity index (χ3v) is 3.43. The maximum Gasteiger partial charge on any atom is 0.220 e. The summed E-state index contributed by atoms with van der Waals surface area (Å²) in [6.07, 6.45) is 4.69. The summed E-state index contributed by atoms with van der Waals surface area (Å²) in [5, 5.41) is 6.09. The summed E-state index contributed by atoms with van der Waals surface area (Å²) in [5.74, 6) is 0.931. The van der Waals surface area contributed by atoms with Gasteiger partial charge in [-0.05, 0) is 38.8 Å². The van der Waals surface area contributed by atoms with E-state index in [1.54, 1.807) is 7.05 Å². The van der Waals surface area contributed by atoms with E-state index in [9.17, 15) is 4.79 Å². The molecule has 5 heteroatoms. The predicted molar refractivity (Wildman–Crippen MR) is 73.8 cm³/mol. The predicted octanol–water partition coefficient (Wildman–Crippen LogP) is 1.28. The SMILES string of the molecule is CNC(=O)CCc1cc(C)nc([C@@H]2CCCCN2)n1. The van der Waals surface area contributed by atoms with E-state index < -0.39 is 0 Å². The summed E-state index contributed by atoms with van der Waals surface area (Å²) in [4.78, 5) is 20.4. The molecule has 1 aliphatic rings. The van der Waals surface area contributed by atoms with Crippen LogP contribution in [-0.2, 0) is 11.2 Å². The Morgan fingerprint density at radius 1 is 1.47 bits per heavy atom. The zero-order valence-electron chi connectivity index (χ0n) is 11.7. The summed E-state index contributed by atoms with van der Waals surface area (Å²) in [7, 11) is 1.66. The minimum atomic E-state index is 0.0496. The second kappa shape index (κ2) is 6.61. The molecule has 104 valence electrons. The van der Waals surface area contributed by atoms with Gasteiger partial charge in [0.25, 0.3) is 0 Å². The van der Waals surface area contributed by atoms with Crippen LogP contribution in [0.1, 0.15) is 48.9 Å². The van der Waals surface area contributed by atoms with Crippen LogP contribution >= 0.6 is 0 Å². The van der Waals surface area contributed by atoms with Gasteiger partial charge in [-0.15, -0.1) is 0 Å². The first-order chi connectivity index (χ1) is 9.19. The van der Waals surface area contributed by atoms with Crippen LogP contribution in [0.15, 0.2) is 6.07 Å². The van der Waals surface area contributed by atoms with Crippen LogP contribution < -0.4 is 10.6 Å². The van der Waals surface area contributed by atoms with E-state index >= 15 is 0 Å². The molecule has 5 nitrogen and oxygen atoms in total. The van der Waals surface area contributed by atoms with Crippen molar-refractivity contribution in [2.24, 2.45) is 0 Å². The molecule has 1 aromatic heterocycles. The first kappa shape index (κ1) is 13.9. The normalized spacial score (nSPS) is 19.2. The third-order valence-electron chi connectivity index (χ3n) is 3.43. The van der Waals surface area contributed by atoms with Crippen LogP contribution in [0.2, 0.25) is 0 Å². The number of nitrogens with one attached hydrogen (secondary N) is 2. The largest absolute Gasteiger partial charge is 0.359 e. The number of carbonyl (C=O) groups excluding carboxylic acids is 1. The Bertz CT molecular complexity index is 441. The number of piperidine rings is 1. The van der Waals surface area contributed by atoms with Crippen LogP contribution in [0.25, 0.3) is 0 Å². The van der Waals surface area contributed by atoms with Crippen molar-refractivity contribution in [1.29, 1.82) is 0 Å². The molecule has 0 aromatic carbocycles. The Balaban J connectivity index is 2.07. The Kier molecular flexibility index (Phi) is 4.85. The van der Waals surface area contributed by atoms with E-state index in [0.717, 1.165) is 30.2 Å². The van der Waals surface area contributed by atoms with Crippen LogP contribution in [-0.4, -0.2) is 29.5 Å². The van der Waals surface area contributed by atoms with Gasteiger partial charge in [0.1, 0.15) is 5.82 Å². The van der Waals surface area contributed by atoms with Crippen LogP contribution in [0.5, 0.6) is 0 Å². The van der Waals surface area contributed by atoms with Gasteiger partial charge in [-0.2, -0.15) is 0 Å². The van der Waals surface area contributed by atoms with Crippen molar-refractivity contribution in [2.75, 3.05) is 13.6 Å². The van der Waals surface area contributed by atoms with E-state index in [4.69, 9.17) is 0 Å². The van der Waals surface area contributed by atoms with E-state index in [1.807, 2.05) is 13.0 Å². The van der Waals surface area contributed by atoms with Crippen LogP contribution in [0, 0.1) is 6.92 Å². The van der Waals surface area contributed by atoms with Gasteiger partial charge in [-0.25, -0.2) is 9.97 Å². The monoisotopic (exact) mass is 262 g/mol. The molecule has 2 rings (SSSR count). The van der Waals surface area contributed by atoms with Gasteiger partial charge in [-0.1, -0.05) is 6.42 Å². The number of hydrogen-bond acceptors (Lipinski definition) is 4. The highest BCUT2D eigenvalue weighted by Gasteiger charge is 2.18. The second-order valence-corrected chi connectivity index (χ2v) is 5.03. The lowest BCUT2D eigenvalue weighted by Crippen LogP contribution is -2.28. The number of nitrogens with zero attached hydrogens (tertiary/aromatic N) is 2. The minimum absolute atomic E-state index is 0.0496. The Morgan fingerprint density at radius 3 is 3.00 bits per heavy atom. The molecule has 1 fully saturated rings. The summed E-state index contributed by atoms with van der Waals surface area (Å²) < 4.78 is 0. The first-order valence-corrected chi connectivity index (χ1v) is 6.97. The quantitative estimate of drug-likeness (QED) is 0.857. The molecule has 2 N–H and O–H groups in total. The van der Waals surface area contributed by atoms with Crippen molar-refractivity contribution in [3.8, 4) is 0 Å². The third kappa shape index (κ3) is 3.99. The number of hydrogen-bond donors (Lipinski definition) is 2. The van der Waals surface area contributed by atoms with E-state index in [1.165, 1.54) is 12.8 Å². The first-order valence-electron chi connectivity index (χ1n) is 6.97. The standard InChI is InChI=1S/C14H22N4O/c1-10-9-11(6-7-13(19)15-2)18-14(17-10)12-5-3-4-8-16-12/h9,12,16H,3-8H2,1-2H3,(H,15,19)/t12-/m0/s1. The molecule has 1 aliphatic heterocycles. The van der Waals surface area contributed by atoms with Gasteiger partial charge in [0.05, 0.1) is 6.04 Å². The smallest absolute Gasteiger partial charge is 0.220 e. The molecule has 1 amide bonds. The fourth-order valence-corrected chi connectivity index (χ4v) is 2.38. The molecule has 2 heterocycles. The summed E-state index contributed by atoms with van der Waals surface area (Å²) in [5.41, 5.74) is 1.93. The highest BCUT2D eigenvalue weighted by molar-refractivity contribution is 5.75. The molecule has 0 bridgehead atoms. The number of aryl methyl sites for hydroxylation is 2. The maximum absolute atomic E-state index is 11.3. The van der Waals surface area contributed by atoms with Crippen molar-refractivity contribution in [2.45, 2.75) is 45.1 Å². The van der Waals surface area contributed by atoms with Crippen molar-refractivity contribution < 1.29 is 4.79 Å². The fourth-order valence-electron chi connectivity index (χ4n) is 2.38. The molecule has 0 spiro atoms. The van der Waals surface area contributed by atoms with Crippen molar-refractivity contribution >= 4 is 5.91 Å². The van der Waals surface area contributed by atoms with Gasteiger partial charge >= 0.3 is 0 Å². The van der Waals surface area contributed by atoms with E-state index in [0.29, 0.717) is 12.8 Å². The average molecular weight is 262 g/mol. The number of carbonyl (C=O) groups is 1. The molecular weight excluding hydrogens is 240 g/mol. The Morgan fingerprint density at radius 2 is 2.32 bits per heavy atom. The number of amides is 1. The second-order valence-electron chi connectivity index (χ2n) is 5.03. The Hall–Kier alpha value is -1.49. The molecule has 0 saturated carbocycles. The van der Waals surface area contributed by atoms with Crippen LogP contribution in [0.4, 0.5) is 0 Å². The minimum Gasteiger partial charge on any atom is -0.359 e. The molecule has 1 atom stereocenters. The highest BCUT2D eigenvalue weighted by atomic mass is 16.1. The molecule has 0 radical (unpaired) electrons. The van der Waals surface area contributed by atoms with Crippen molar-refractivity contribution in [3.63, 3.8) is 0 Å². The van der Waals surface area contributed by atoms with Crippen molar-refractivity contribution in [1.82, 2.24) is 20.6 Å². The topological polar surface area (TPSA) is 66.9 Å². The molecule has 0 aliphatic carbocycles. The van der Waals surface area contributed by atoms with Gasteiger partial charge in [-0.3, -0.25) is 4.79 Å². The maximum atomic E-state index is 11.3. The molecule has 19 heavy (non-hydrogen) atoms. The lowest BCUT2D eigenvalue weighted by atomic mass is 10.0. The fraction of sp³-hybridized carbons (Fsp3) is 0.643. The number of rotatable bonds is 4. The van der Waals surface area contributed by atoms with Crippen molar-refractivity contribution in [3.05, 3.63) is 23.3 Å². The summed E-state index contributed by atoms with van der Waals surface area (Å²) in [6, 6.07) is 2.24. The molecule has 0 unspecified atom stereocenters. The van der Waals surface area contributed by atoms with Gasteiger partial charge in [0, 0.05) is 24.9 Å². The van der Waals surface area contributed by atoms with Gasteiger partial charge < -0.3 is 10.6 Å². The zero-order chi connectivity index (χ0) is 13.7. The number of aromatic nitrogens is 2. The van der Waals surface area contributed by atoms with Gasteiger partial charge in [0.15, 0.2) is 0 Å². The summed E-state index contributed by atoms with van der Waals surface area (Å²) in [6.45, 7) is 3.02. The lowest BCUT2D eigenvalue weighted by Gasteiger charge is -2.22. The zero-order valence-corrected chi connectivity index (χ0v) is 11.7. The summed E-state index contributed by atoms with van der Waals surface area (Å²) >= 11 is 0. The highest BCUT2D eigenvalue weighted by Crippen LogP contribution is 2.20. The van der Waals surface area contributed by atoms with Crippen LogP contribution in [0.3, 0.4) is 0 Å². The van der Waals surface area contributed by atoms with E-state index in [2.05, 4.69) is 20.6 Å². The van der Waals surface area contributed by atoms with E-state index in [-0.39, 0.29) is 11.9 Å². The molecule has 1 aromatic rings. The lowest BCUT2D eigenvalue weighted by molar-refractivity contribution is -0.120. The molecule has 1 saturated heterocycles. The Labute approximate surface area is 114 Å². The molecular formula is C14H22N4O. The average Bonchev–Trinajstić information content (AvgIpc) is 2.45.